The van der Waals surface area contributed by atoms with Crippen molar-refractivity contribution in [1.29, 1.82) is 0 Å². The van der Waals surface area contributed by atoms with Gasteiger partial charge in [-0.25, -0.2) is 0 Å². The van der Waals surface area contributed by atoms with Crippen molar-refractivity contribution in [2.45, 2.75) is 6.10 Å². The lowest BCUT2D eigenvalue weighted by atomic mass is 10.1. The van der Waals surface area contributed by atoms with Gasteiger partial charge in [-0.15, -0.1) is 0 Å². The highest BCUT2D eigenvalue weighted by molar-refractivity contribution is 5.94. The third kappa shape index (κ3) is 3.48. The highest BCUT2D eigenvalue weighted by Gasteiger charge is 2.30. The molecule has 0 saturated heterocycles. The average Bonchev–Trinajstić information content (AvgIpc) is 2.61. The van der Waals surface area contributed by atoms with E-state index in [2.05, 4.69) is 10.6 Å². The number of hydrogen-bond acceptors (Lipinski definition) is 4. The summed E-state index contributed by atoms with van der Waals surface area (Å²) in [4.78, 5) is 26.1. The van der Waals surface area contributed by atoms with E-state index in [1.54, 1.807) is 13.1 Å². The predicted octanol–water partition coefficient (Wildman–Crippen LogP) is 1.64. The molecule has 0 spiro atoms. The van der Waals surface area contributed by atoms with Crippen molar-refractivity contribution < 1.29 is 14.3 Å². The molecule has 6 heteroatoms. The number of carbonyl (C=O) groups excluding carboxylic acids is 2. The van der Waals surface area contributed by atoms with Crippen LogP contribution in [0.5, 0.6) is 5.75 Å². The lowest BCUT2D eigenvalue weighted by molar-refractivity contribution is -0.127. The first kappa shape index (κ1) is 15.9. The number of hydrogen-bond donors (Lipinski definition) is 2. The number of fused-ring (bicyclic) bond motifs is 1. The van der Waals surface area contributed by atoms with Crippen LogP contribution in [0.1, 0.15) is 0 Å². The summed E-state index contributed by atoms with van der Waals surface area (Å²) in [6.07, 6.45) is -0.644. The molecule has 0 aromatic heterocycles. The monoisotopic (exact) mass is 325 g/mol. The number of likely N-dealkylation sites (N-methyl/N-ethyl adjacent to an activating group) is 1. The van der Waals surface area contributed by atoms with Gasteiger partial charge in [0.1, 0.15) is 5.75 Å². The van der Waals surface area contributed by atoms with Crippen LogP contribution in [0.25, 0.3) is 0 Å². The molecule has 0 saturated carbocycles. The van der Waals surface area contributed by atoms with Crippen molar-refractivity contribution in [3.8, 4) is 5.75 Å². The van der Waals surface area contributed by atoms with Gasteiger partial charge < -0.3 is 20.3 Å². The number of amides is 2. The van der Waals surface area contributed by atoms with Crippen LogP contribution in [-0.4, -0.2) is 38.1 Å². The molecule has 0 aliphatic carbocycles. The Balaban J connectivity index is 1.75. The van der Waals surface area contributed by atoms with E-state index in [0.29, 0.717) is 12.3 Å². The van der Waals surface area contributed by atoms with E-state index < -0.39 is 6.10 Å². The first-order valence-electron chi connectivity index (χ1n) is 7.74. The first-order chi connectivity index (χ1) is 11.7. The zero-order valence-electron chi connectivity index (χ0n) is 13.4. The molecule has 24 heavy (non-hydrogen) atoms. The summed E-state index contributed by atoms with van der Waals surface area (Å²) >= 11 is 0. The molecule has 2 N–H and O–H groups in total. The van der Waals surface area contributed by atoms with E-state index in [-0.39, 0.29) is 18.4 Å². The molecule has 1 aliphatic rings. The topological polar surface area (TPSA) is 70.7 Å². The van der Waals surface area contributed by atoms with Crippen molar-refractivity contribution >= 4 is 23.2 Å². The lowest BCUT2D eigenvalue weighted by Gasteiger charge is -2.34. The molecule has 124 valence electrons. The van der Waals surface area contributed by atoms with Crippen LogP contribution in [0.15, 0.2) is 54.6 Å². The van der Waals surface area contributed by atoms with Crippen molar-refractivity contribution in [3.05, 3.63) is 54.6 Å². The maximum Gasteiger partial charge on any atom is 0.262 e. The molecule has 1 aliphatic heterocycles. The molecule has 6 nitrogen and oxygen atoms in total. The van der Waals surface area contributed by atoms with Crippen LogP contribution in [0.3, 0.4) is 0 Å². The fraction of sp³-hybridized carbons (Fsp3) is 0.222. The molecule has 2 aromatic rings. The minimum absolute atomic E-state index is 0.142. The lowest BCUT2D eigenvalue weighted by Crippen LogP contribution is -2.50. The molecule has 1 heterocycles. The third-order valence-electron chi connectivity index (χ3n) is 3.79. The Hall–Kier alpha value is -3.02. The van der Waals surface area contributed by atoms with Gasteiger partial charge in [-0.2, -0.15) is 0 Å². The molecule has 1 atom stereocenters. The molecular weight excluding hydrogens is 306 g/mol. The van der Waals surface area contributed by atoms with Crippen molar-refractivity contribution in [2.24, 2.45) is 0 Å². The Morgan fingerprint density at radius 1 is 1.12 bits per heavy atom. The van der Waals surface area contributed by atoms with Crippen LogP contribution in [-0.2, 0) is 9.59 Å². The van der Waals surface area contributed by atoms with Crippen molar-refractivity contribution in [3.63, 3.8) is 0 Å². The van der Waals surface area contributed by atoms with Gasteiger partial charge in [-0.05, 0) is 24.3 Å². The fourth-order valence-corrected chi connectivity index (χ4v) is 2.65. The molecule has 0 unspecified atom stereocenters. The van der Waals surface area contributed by atoms with E-state index in [9.17, 15) is 9.59 Å². The summed E-state index contributed by atoms with van der Waals surface area (Å²) in [6.45, 7) is 0.460. The van der Waals surface area contributed by atoms with E-state index >= 15 is 0 Å². The van der Waals surface area contributed by atoms with Gasteiger partial charge in [0.2, 0.25) is 5.91 Å². The van der Waals surface area contributed by atoms with E-state index in [0.717, 1.165) is 11.4 Å². The molecule has 3 rings (SSSR count). The summed E-state index contributed by atoms with van der Waals surface area (Å²) in [7, 11) is 1.57. The summed E-state index contributed by atoms with van der Waals surface area (Å²) in [5.74, 6) is 0.247. The average molecular weight is 325 g/mol. The highest BCUT2D eigenvalue weighted by atomic mass is 16.5. The normalized spacial score (nSPS) is 15.9. The number of carbonyl (C=O) groups is 2. The summed E-state index contributed by atoms with van der Waals surface area (Å²) < 4.78 is 5.73. The van der Waals surface area contributed by atoms with E-state index in [1.165, 1.54) is 0 Å². The Bertz CT molecular complexity index is 733. The Morgan fingerprint density at radius 3 is 2.58 bits per heavy atom. The molecular formula is C18H19N3O3. The zero-order valence-corrected chi connectivity index (χ0v) is 13.4. The van der Waals surface area contributed by atoms with Gasteiger partial charge in [-0.3, -0.25) is 9.59 Å². The SMILES string of the molecule is CNC(=O)[C@H]1CN(CC(=O)Nc2ccccc2)c2ccccc2O1. The number of para-hydroxylation sites is 3. The number of rotatable bonds is 4. The fourth-order valence-electron chi connectivity index (χ4n) is 2.65. The predicted molar refractivity (Wildman–Crippen MR) is 92.2 cm³/mol. The highest BCUT2D eigenvalue weighted by Crippen LogP contribution is 2.32. The third-order valence-corrected chi connectivity index (χ3v) is 3.79. The number of ether oxygens (including phenoxy) is 1. The number of benzene rings is 2. The Labute approximate surface area is 140 Å². The van der Waals surface area contributed by atoms with Gasteiger partial charge >= 0.3 is 0 Å². The van der Waals surface area contributed by atoms with Crippen LogP contribution >= 0.6 is 0 Å². The van der Waals surface area contributed by atoms with Gasteiger partial charge in [0.15, 0.2) is 6.10 Å². The Morgan fingerprint density at radius 2 is 1.83 bits per heavy atom. The number of anilines is 2. The largest absolute Gasteiger partial charge is 0.477 e. The summed E-state index contributed by atoms with van der Waals surface area (Å²) in [6, 6.07) is 16.7. The van der Waals surface area contributed by atoms with E-state index in [1.807, 2.05) is 53.4 Å². The van der Waals surface area contributed by atoms with Crippen LogP contribution in [0.2, 0.25) is 0 Å². The second-order valence-corrected chi connectivity index (χ2v) is 5.48. The van der Waals surface area contributed by atoms with Crippen molar-refractivity contribution in [2.75, 3.05) is 30.4 Å². The minimum atomic E-state index is -0.644. The van der Waals surface area contributed by atoms with Crippen LogP contribution in [0.4, 0.5) is 11.4 Å². The molecule has 2 amide bonds. The minimum Gasteiger partial charge on any atom is -0.477 e. The standard InChI is InChI=1S/C18H19N3O3/c1-19-18(23)16-11-21(14-9-5-6-10-15(14)24-16)12-17(22)20-13-7-3-2-4-8-13/h2-10,16H,11-12H2,1H3,(H,19,23)(H,20,22)/t16-/m1/s1. The van der Waals surface area contributed by atoms with E-state index in [4.69, 9.17) is 4.74 Å². The quantitative estimate of drug-likeness (QED) is 0.896. The van der Waals surface area contributed by atoms with Crippen molar-refractivity contribution in [1.82, 2.24) is 5.32 Å². The van der Waals surface area contributed by atoms with Gasteiger partial charge in [-0.1, -0.05) is 30.3 Å². The Kier molecular flexibility index (Phi) is 4.65. The first-order valence-corrected chi connectivity index (χ1v) is 7.74. The van der Waals surface area contributed by atoms with Crippen LogP contribution in [0, 0.1) is 0 Å². The smallest absolute Gasteiger partial charge is 0.262 e. The molecule has 0 radical (unpaired) electrons. The summed E-state index contributed by atoms with van der Waals surface area (Å²) in [5.41, 5.74) is 1.55. The molecule has 0 fully saturated rings. The summed E-state index contributed by atoms with van der Waals surface area (Å²) in [5, 5.41) is 5.44. The second-order valence-electron chi connectivity index (χ2n) is 5.48. The molecule has 0 bridgehead atoms. The zero-order chi connectivity index (χ0) is 16.9. The van der Waals surface area contributed by atoms with Gasteiger partial charge in [0, 0.05) is 12.7 Å². The maximum atomic E-state index is 12.3. The van der Waals surface area contributed by atoms with Crippen LogP contribution < -0.4 is 20.3 Å². The van der Waals surface area contributed by atoms with Gasteiger partial charge in [0.25, 0.3) is 5.91 Å². The second kappa shape index (κ2) is 7.04. The molecule has 2 aromatic carbocycles. The van der Waals surface area contributed by atoms with Gasteiger partial charge in [0.05, 0.1) is 18.8 Å². The number of nitrogens with one attached hydrogen (secondary N) is 2. The number of nitrogens with zero attached hydrogens (tertiary/aromatic N) is 1. The maximum absolute atomic E-state index is 12.3.